The number of sulfonamides is 1. The van der Waals surface area contributed by atoms with Crippen LogP contribution in [0.3, 0.4) is 0 Å². The highest BCUT2D eigenvalue weighted by Crippen LogP contribution is 2.37. The number of hydrogen-bond acceptors (Lipinski definition) is 4. The molecular formula is C20H29N4O4S+. The van der Waals surface area contributed by atoms with Crippen LogP contribution in [0.4, 0.5) is 4.79 Å². The molecule has 2 saturated heterocycles. The Morgan fingerprint density at radius 1 is 1.14 bits per heavy atom. The van der Waals surface area contributed by atoms with Crippen molar-refractivity contribution in [2.24, 2.45) is 5.92 Å². The molecule has 3 fully saturated rings. The highest BCUT2D eigenvalue weighted by atomic mass is 32.2. The van der Waals surface area contributed by atoms with Crippen LogP contribution in [0.2, 0.25) is 0 Å². The molecule has 0 unspecified atom stereocenters. The van der Waals surface area contributed by atoms with Gasteiger partial charge < -0.3 is 10.2 Å². The number of rotatable bonds is 4. The Balaban J connectivity index is 1.39. The van der Waals surface area contributed by atoms with Gasteiger partial charge in [0.1, 0.15) is 5.54 Å². The fourth-order valence-corrected chi connectivity index (χ4v) is 6.27. The first-order valence-electron chi connectivity index (χ1n) is 10.4. The maximum absolute atomic E-state index is 13.1. The van der Waals surface area contributed by atoms with Gasteiger partial charge in [0.15, 0.2) is 6.67 Å². The van der Waals surface area contributed by atoms with Gasteiger partial charge in [-0.1, -0.05) is 38.0 Å². The SMILES string of the molecule is C[C@@H]1CCCC[C@@]12NC(=O)N(C[NH+]1CCN(S(=O)(=O)c3ccccc3)CC1)C2=O. The Hall–Kier alpha value is -1.97. The van der Waals surface area contributed by atoms with Crippen molar-refractivity contribution in [3.63, 3.8) is 0 Å². The third-order valence-electron chi connectivity index (χ3n) is 6.69. The molecule has 3 aliphatic rings. The van der Waals surface area contributed by atoms with E-state index in [9.17, 15) is 18.0 Å². The van der Waals surface area contributed by atoms with E-state index in [2.05, 4.69) is 5.32 Å². The maximum atomic E-state index is 13.1. The van der Waals surface area contributed by atoms with E-state index in [0.29, 0.717) is 44.2 Å². The first kappa shape index (κ1) is 20.3. The summed E-state index contributed by atoms with van der Waals surface area (Å²) in [4.78, 5) is 28.4. The minimum atomic E-state index is -3.50. The van der Waals surface area contributed by atoms with Crippen LogP contribution in [-0.4, -0.2) is 67.9 Å². The smallest absolute Gasteiger partial charge is 0.323 e. The van der Waals surface area contributed by atoms with Crippen molar-refractivity contribution in [1.29, 1.82) is 0 Å². The van der Waals surface area contributed by atoms with E-state index in [1.807, 2.05) is 6.92 Å². The second-order valence-corrected chi connectivity index (χ2v) is 10.3. The van der Waals surface area contributed by atoms with Crippen molar-refractivity contribution in [2.75, 3.05) is 32.8 Å². The molecule has 8 nitrogen and oxygen atoms in total. The van der Waals surface area contributed by atoms with Crippen LogP contribution in [0.25, 0.3) is 0 Å². The minimum Gasteiger partial charge on any atom is -0.323 e. The molecule has 1 aliphatic carbocycles. The predicted octanol–water partition coefficient (Wildman–Crippen LogP) is 0.0340. The van der Waals surface area contributed by atoms with Gasteiger partial charge >= 0.3 is 6.03 Å². The van der Waals surface area contributed by atoms with E-state index in [-0.39, 0.29) is 17.9 Å². The van der Waals surface area contributed by atoms with Crippen molar-refractivity contribution < 1.29 is 22.9 Å². The van der Waals surface area contributed by atoms with Gasteiger partial charge in [0.05, 0.1) is 31.1 Å². The van der Waals surface area contributed by atoms with E-state index in [1.165, 1.54) is 9.21 Å². The average Bonchev–Trinajstić information content (AvgIpc) is 2.96. The summed E-state index contributed by atoms with van der Waals surface area (Å²) < 4.78 is 27.0. The minimum absolute atomic E-state index is 0.110. The molecular weight excluding hydrogens is 392 g/mol. The number of carbonyl (C=O) groups excluding carboxylic acids is 2. The average molecular weight is 422 g/mol. The van der Waals surface area contributed by atoms with Gasteiger partial charge in [-0.15, -0.1) is 0 Å². The molecule has 4 rings (SSSR count). The molecule has 29 heavy (non-hydrogen) atoms. The number of nitrogens with one attached hydrogen (secondary N) is 2. The molecule has 2 atom stereocenters. The first-order chi connectivity index (χ1) is 13.8. The molecule has 1 aromatic carbocycles. The molecule has 1 aromatic rings. The van der Waals surface area contributed by atoms with Crippen LogP contribution in [0.1, 0.15) is 32.6 Å². The largest absolute Gasteiger partial charge is 0.329 e. The topological polar surface area (TPSA) is 91.2 Å². The fraction of sp³-hybridized carbons (Fsp3) is 0.600. The van der Waals surface area contributed by atoms with E-state index >= 15 is 0 Å². The fourth-order valence-electron chi connectivity index (χ4n) is 4.81. The lowest BCUT2D eigenvalue weighted by Crippen LogP contribution is -3.16. The number of benzene rings is 1. The number of urea groups is 1. The van der Waals surface area contributed by atoms with Crippen LogP contribution >= 0.6 is 0 Å². The zero-order valence-corrected chi connectivity index (χ0v) is 17.6. The lowest BCUT2D eigenvalue weighted by molar-refractivity contribution is -0.910. The highest BCUT2D eigenvalue weighted by Gasteiger charge is 2.55. The molecule has 2 aliphatic heterocycles. The van der Waals surface area contributed by atoms with Crippen LogP contribution < -0.4 is 10.2 Å². The number of piperazine rings is 1. The van der Waals surface area contributed by atoms with E-state index in [1.54, 1.807) is 30.3 Å². The Morgan fingerprint density at radius 3 is 2.48 bits per heavy atom. The summed E-state index contributed by atoms with van der Waals surface area (Å²) in [5.74, 6) is 0.0297. The van der Waals surface area contributed by atoms with Crippen molar-refractivity contribution >= 4 is 22.0 Å². The summed E-state index contributed by atoms with van der Waals surface area (Å²) in [6.45, 7) is 4.20. The standard InChI is InChI=1S/C20H28N4O4S/c1-16-7-5-6-10-20(16)18(25)24(19(26)21-20)15-22-11-13-23(14-12-22)29(27,28)17-8-3-2-4-9-17/h2-4,8-9,16H,5-7,10-15H2,1H3,(H,21,26)/p+1/t16-,20-/m1/s1. The molecule has 158 valence electrons. The second-order valence-electron chi connectivity index (χ2n) is 8.41. The van der Waals surface area contributed by atoms with E-state index < -0.39 is 15.6 Å². The second kappa shape index (κ2) is 7.70. The maximum Gasteiger partial charge on any atom is 0.329 e. The van der Waals surface area contributed by atoms with Crippen molar-refractivity contribution in [3.8, 4) is 0 Å². The molecule has 0 radical (unpaired) electrons. The lowest BCUT2D eigenvalue weighted by Gasteiger charge is -2.37. The zero-order chi connectivity index (χ0) is 20.6. The molecule has 0 aromatic heterocycles. The number of amides is 3. The Bertz CT molecular complexity index is 883. The van der Waals surface area contributed by atoms with Crippen LogP contribution in [0.5, 0.6) is 0 Å². The van der Waals surface area contributed by atoms with Gasteiger partial charge in [0.25, 0.3) is 5.91 Å². The quantitative estimate of drug-likeness (QED) is 0.672. The Morgan fingerprint density at radius 2 is 1.83 bits per heavy atom. The summed E-state index contributed by atoms with van der Waals surface area (Å²) in [7, 11) is -3.50. The molecule has 0 bridgehead atoms. The molecule has 2 heterocycles. The van der Waals surface area contributed by atoms with Crippen LogP contribution in [-0.2, 0) is 14.8 Å². The summed E-state index contributed by atoms with van der Waals surface area (Å²) in [5, 5.41) is 2.98. The highest BCUT2D eigenvalue weighted by molar-refractivity contribution is 7.89. The molecule has 3 amide bonds. The Labute approximate surface area is 171 Å². The van der Waals surface area contributed by atoms with Gasteiger partial charge in [-0.25, -0.2) is 18.1 Å². The van der Waals surface area contributed by atoms with Gasteiger partial charge in [0.2, 0.25) is 10.0 Å². The van der Waals surface area contributed by atoms with Crippen molar-refractivity contribution in [1.82, 2.24) is 14.5 Å². The number of hydrogen-bond donors (Lipinski definition) is 2. The summed E-state index contributed by atoms with van der Waals surface area (Å²) in [6.07, 6.45) is 3.69. The van der Waals surface area contributed by atoms with Crippen LogP contribution in [0, 0.1) is 5.92 Å². The summed E-state index contributed by atoms with van der Waals surface area (Å²) in [6, 6.07) is 8.12. The third kappa shape index (κ3) is 3.55. The number of nitrogens with zero attached hydrogens (tertiary/aromatic N) is 2. The summed E-state index contributed by atoms with van der Waals surface area (Å²) in [5.41, 5.74) is -0.743. The number of imide groups is 1. The molecule has 9 heteroatoms. The molecule has 1 saturated carbocycles. The molecule has 2 N–H and O–H groups in total. The summed E-state index contributed by atoms with van der Waals surface area (Å²) >= 11 is 0. The lowest BCUT2D eigenvalue weighted by atomic mass is 9.73. The van der Waals surface area contributed by atoms with Crippen molar-refractivity contribution in [2.45, 2.75) is 43.0 Å². The first-order valence-corrected chi connectivity index (χ1v) is 11.8. The third-order valence-corrected chi connectivity index (χ3v) is 8.61. The normalized spacial score (nSPS) is 29.4. The molecule has 1 spiro atoms. The Kier molecular flexibility index (Phi) is 5.39. The van der Waals surface area contributed by atoms with E-state index in [4.69, 9.17) is 0 Å². The zero-order valence-electron chi connectivity index (χ0n) is 16.8. The van der Waals surface area contributed by atoms with E-state index in [0.717, 1.165) is 24.2 Å². The number of carbonyl (C=O) groups is 2. The van der Waals surface area contributed by atoms with Crippen molar-refractivity contribution in [3.05, 3.63) is 30.3 Å². The van der Waals surface area contributed by atoms with Gasteiger partial charge in [-0.05, 0) is 30.9 Å². The number of quaternary nitrogens is 1. The predicted molar refractivity (Wildman–Crippen MR) is 107 cm³/mol. The van der Waals surface area contributed by atoms with Gasteiger partial charge in [0, 0.05) is 0 Å². The van der Waals surface area contributed by atoms with Gasteiger partial charge in [-0.3, -0.25) is 4.79 Å². The monoisotopic (exact) mass is 421 g/mol. The van der Waals surface area contributed by atoms with Gasteiger partial charge in [-0.2, -0.15) is 4.31 Å². The van der Waals surface area contributed by atoms with Crippen LogP contribution in [0.15, 0.2) is 35.2 Å².